The van der Waals surface area contributed by atoms with Crippen LogP contribution in [0.25, 0.3) is 0 Å². The molecule has 0 aliphatic rings. The second kappa shape index (κ2) is 10.7. The van der Waals surface area contributed by atoms with Gasteiger partial charge in [-0.25, -0.2) is 0 Å². The number of hydrazone groups is 1. The van der Waals surface area contributed by atoms with Crippen molar-refractivity contribution in [3.8, 4) is 17.2 Å². The Morgan fingerprint density at radius 1 is 1.18 bits per heavy atom. The summed E-state index contributed by atoms with van der Waals surface area (Å²) < 4.78 is 16.4. The summed E-state index contributed by atoms with van der Waals surface area (Å²) in [5.74, 6) is 1.18. The number of benzene rings is 2. The molecular formula is C19H22N4O4S. The first-order valence-corrected chi connectivity index (χ1v) is 8.85. The molecule has 0 heterocycles. The minimum Gasteiger partial charge on any atom is -0.495 e. The lowest BCUT2D eigenvalue weighted by atomic mass is 10.2. The number of hydrogen-bond donors (Lipinski definition) is 3. The molecule has 8 nitrogen and oxygen atoms in total. The molecule has 4 N–H and O–H groups in total. The maximum absolute atomic E-state index is 12.2. The highest BCUT2D eigenvalue weighted by molar-refractivity contribution is 7.80. The number of ether oxygens (including phenoxy) is 3. The maximum atomic E-state index is 12.2. The van der Waals surface area contributed by atoms with Crippen molar-refractivity contribution in [2.45, 2.75) is 6.92 Å². The highest BCUT2D eigenvalue weighted by Crippen LogP contribution is 2.28. The average molecular weight is 402 g/mol. The van der Waals surface area contributed by atoms with Gasteiger partial charge >= 0.3 is 0 Å². The normalized spacial score (nSPS) is 10.4. The first-order chi connectivity index (χ1) is 13.5. The molecule has 0 spiro atoms. The van der Waals surface area contributed by atoms with Crippen LogP contribution >= 0.6 is 12.2 Å². The highest BCUT2D eigenvalue weighted by Gasteiger charge is 2.11. The van der Waals surface area contributed by atoms with Gasteiger partial charge in [0, 0.05) is 0 Å². The van der Waals surface area contributed by atoms with Gasteiger partial charge in [-0.15, -0.1) is 0 Å². The van der Waals surface area contributed by atoms with E-state index in [-0.39, 0.29) is 17.6 Å². The zero-order chi connectivity index (χ0) is 20.4. The number of methoxy groups -OCH3 is 1. The number of thiocarbonyl (C=S) groups is 1. The third-order valence-corrected chi connectivity index (χ3v) is 3.49. The number of para-hydroxylation sites is 2. The third-order valence-electron chi connectivity index (χ3n) is 3.40. The van der Waals surface area contributed by atoms with Crippen LogP contribution in [-0.4, -0.2) is 37.6 Å². The van der Waals surface area contributed by atoms with E-state index in [2.05, 4.69) is 28.1 Å². The highest BCUT2D eigenvalue weighted by atomic mass is 32.1. The summed E-state index contributed by atoms with van der Waals surface area (Å²) >= 11 is 4.68. The van der Waals surface area contributed by atoms with Crippen molar-refractivity contribution in [1.82, 2.24) is 5.43 Å². The molecule has 2 aromatic carbocycles. The fraction of sp³-hybridized carbons (Fsp3) is 0.211. The van der Waals surface area contributed by atoms with Crippen molar-refractivity contribution < 1.29 is 19.0 Å². The van der Waals surface area contributed by atoms with E-state index in [1.54, 1.807) is 42.6 Å². The summed E-state index contributed by atoms with van der Waals surface area (Å²) in [4.78, 5) is 12.2. The molecule has 0 saturated carbocycles. The lowest BCUT2D eigenvalue weighted by molar-refractivity contribution is -0.118. The number of nitrogens with two attached hydrogens (primary N) is 1. The molecule has 0 aromatic heterocycles. The van der Waals surface area contributed by atoms with E-state index in [9.17, 15) is 4.79 Å². The fourth-order valence-corrected chi connectivity index (χ4v) is 2.29. The average Bonchev–Trinajstić information content (AvgIpc) is 2.68. The van der Waals surface area contributed by atoms with Gasteiger partial charge in [-0.1, -0.05) is 12.1 Å². The molecule has 0 aliphatic heterocycles. The summed E-state index contributed by atoms with van der Waals surface area (Å²) in [5, 5.41) is 6.72. The molecule has 0 radical (unpaired) electrons. The first-order valence-electron chi connectivity index (χ1n) is 8.44. The smallest absolute Gasteiger partial charge is 0.262 e. The summed E-state index contributed by atoms with van der Waals surface area (Å²) in [7, 11) is 1.54. The molecule has 28 heavy (non-hydrogen) atoms. The van der Waals surface area contributed by atoms with Crippen molar-refractivity contribution in [1.29, 1.82) is 0 Å². The second-order valence-corrected chi connectivity index (χ2v) is 5.85. The SMILES string of the molecule is CCOc1cc(/C=N\NC(N)=S)ccc1OCC(=O)Nc1ccccc1OC. The van der Waals surface area contributed by atoms with Crippen molar-refractivity contribution in [3.63, 3.8) is 0 Å². The molecule has 2 aromatic rings. The van der Waals surface area contributed by atoms with Gasteiger partial charge in [0.2, 0.25) is 0 Å². The van der Waals surface area contributed by atoms with Crippen molar-refractivity contribution >= 4 is 35.1 Å². The molecule has 0 unspecified atom stereocenters. The Labute approximate surface area is 168 Å². The predicted octanol–water partition coefficient (Wildman–Crippen LogP) is 2.28. The minimum atomic E-state index is -0.321. The zero-order valence-electron chi connectivity index (χ0n) is 15.6. The summed E-state index contributed by atoms with van der Waals surface area (Å²) in [6.45, 7) is 2.11. The number of rotatable bonds is 9. The van der Waals surface area contributed by atoms with Crippen molar-refractivity contribution in [3.05, 3.63) is 48.0 Å². The van der Waals surface area contributed by atoms with E-state index in [1.807, 2.05) is 13.0 Å². The molecule has 9 heteroatoms. The Morgan fingerprint density at radius 2 is 1.96 bits per heavy atom. The van der Waals surface area contributed by atoms with Crippen LogP contribution in [0.3, 0.4) is 0 Å². The predicted molar refractivity (Wildman–Crippen MR) is 112 cm³/mol. The van der Waals surface area contributed by atoms with Gasteiger partial charge in [-0.3, -0.25) is 10.2 Å². The molecule has 148 valence electrons. The number of amides is 1. The molecule has 0 bridgehead atoms. The van der Waals surface area contributed by atoms with Crippen LogP contribution < -0.4 is 30.7 Å². The summed E-state index contributed by atoms with van der Waals surface area (Å²) in [5.41, 5.74) is 9.11. The van der Waals surface area contributed by atoms with E-state index in [0.717, 1.165) is 5.56 Å². The molecule has 0 aliphatic carbocycles. The number of nitrogens with one attached hydrogen (secondary N) is 2. The quantitative estimate of drug-likeness (QED) is 0.335. The van der Waals surface area contributed by atoms with Crippen LogP contribution in [0.5, 0.6) is 17.2 Å². The molecule has 1 amide bonds. The second-order valence-electron chi connectivity index (χ2n) is 5.41. The molecular weight excluding hydrogens is 380 g/mol. The van der Waals surface area contributed by atoms with Crippen LogP contribution in [0.1, 0.15) is 12.5 Å². The van der Waals surface area contributed by atoms with E-state index in [1.165, 1.54) is 7.11 Å². The molecule has 0 atom stereocenters. The van der Waals surface area contributed by atoms with Gasteiger partial charge in [-0.05, 0) is 55.0 Å². The Morgan fingerprint density at radius 3 is 2.68 bits per heavy atom. The maximum Gasteiger partial charge on any atom is 0.262 e. The van der Waals surface area contributed by atoms with Gasteiger partial charge in [0.15, 0.2) is 23.2 Å². The van der Waals surface area contributed by atoms with Crippen molar-refractivity contribution in [2.75, 3.05) is 25.6 Å². The third kappa shape index (κ3) is 6.44. The van der Waals surface area contributed by atoms with E-state index in [0.29, 0.717) is 29.5 Å². The van der Waals surface area contributed by atoms with Gasteiger partial charge in [0.05, 0.1) is 25.6 Å². The van der Waals surface area contributed by atoms with E-state index in [4.69, 9.17) is 19.9 Å². The molecule has 0 saturated heterocycles. The summed E-state index contributed by atoms with van der Waals surface area (Å²) in [6.07, 6.45) is 1.54. The number of carbonyl (C=O) groups excluding carboxylic acids is 1. The Kier molecular flexibility index (Phi) is 8.04. The van der Waals surface area contributed by atoms with Crippen LogP contribution in [0.4, 0.5) is 5.69 Å². The number of hydrogen-bond acceptors (Lipinski definition) is 6. The van der Waals surface area contributed by atoms with Crippen LogP contribution in [0.15, 0.2) is 47.6 Å². The van der Waals surface area contributed by atoms with Crippen LogP contribution in [-0.2, 0) is 4.79 Å². The molecule has 2 rings (SSSR count). The Balaban J connectivity index is 2.02. The summed E-state index contributed by atoms with van der Waals surface area (Å²) in [6, 6.07) is 12.3. The fourth-order valence-electron chi connectivity index (χ4n) is 2.24. The monoisotopic (exact) mass is 402 g/mol. The Bertz CT molecular complexity index is 858. The van der Waals surface area contributed by atoms with Gasteiger partial charge < -0.3 is 25.3 Å². The van der Waals surface area contributed by atoms with E-state index >= 15 is 0 Å². The topological polar surface area (TPSA) is 107 Å². The van der Waals surface area contributed by atoms with Gasteiger partial charge in [-0.2, -0.15) is 5.10 Å². The van der Waals surface area contributed by atoms with Gasteiger partial charge in [0.1, 0.15) is 5.75 Å². The number of nitrogens with zero attached hydrogens (tertiary/aromatic N) is 1. The standard InChI is InChI=1S/C19H22N4O4S/c1-3-26-17-10-13(11-21-23-19(20)28)8-9-16(17)27-12-18(24)22-14-6-4-5-7-15(14)25-2/h4-11H,3,12H2,1-2H3,(H,22,24)(H3,20,23,28)/b21-11-. The lowest BCUT2D eigenvalue weighted by Gasteiger charge is -2.13. The Hall–Kier alpha value is -3.33. The van der Waals surface area contributed by atoms with Crippen LogP contribution in [0.2, 0.25) is 0 Å². The lowest BCUT2D eigenvalue weighted by Crippen LogP contribution is -2.24. The van der Waals surface area contributed by atoms with Crippen molar-refractivity contribution in [2.24, 2.45) is 10.8 Å². The van der Waals surface area contributed by atoms with E-state index < -0.39 is 0 Å². The largest absolute Gasteiger partial charge is 0.495 e. The number of carbonyl (C=O) groups is 1. The minimum absolute atomic E-state index is 0.0716. The number of anilines is 1. The van der Waals surface area contributed by atoms with Crippen LogP contribution in [0, 0.1) is 0 Å². The first kappa shape index (κ1) is 21.0. The zero-order valence-corrected chi connectivity index (χ0v) is 16.4. The van der Waals surface area contributed by atoms with Gasteiger partial charge in [0.25, 0.3) is 5.91 Å². The molecule has 0 fully saturated rings.